The molecule has 0 spiro atoms. The molecule has 0 aliphatic heterocycles. The lowest BCUT2D eigenvalue weighted by atomic mass is 10.3. The molecule has 0 saturated heterocycles. The number of halogens is 2. The summed E-state index contributed by atoms with van der Waals surface area (Å²) in [4.78, 5) is 12.4. The van der Waals surface area contributed by atoms with E-state index in [0.717, 1.165) is 0 Å². The van der Waals surface area contributed by atoms with Crippen molar-refractivity contribution in [3.8, 4) is 0 Å². The minimum Gasteiger partial charge on any atom is -0.399 e. The van der Waals surface area contributed by atoms with Gasteiger partial charge in [0.1, 0.15) is 5.75 Å². The molecular formula is C14H12BrClN2O2S. The maximum atomic E-state index is 12.2. The Morgan fingerprint density at radius 1 is 1.24 bits per heavy atom. The van der Waals surface area contributed by atoms with Gasteiger partial charge in [0, 0.05) is 20.9 Å². The summed E-state index contributed by atoms with van der Waals surface area (Å²) in [6.45, 7) is 0. The van der Waals surface area contributed by atoms with Gasteiger partial charge in [-0.15, -0.1) is 0 Å². The average molecular weight is 388 g/mol. The molecule has 110 valence electrons. The van der Waals surface area contributed by atoms with Gasteiger partial charge in [-0.3, -0.25) is 9.00 Å². The van der Waals surface area contributed by atoms with Crippen LogP contribution in [0.25, 0.3) is 0 Å². The van der Waals surface area contributed by atoms with Crippen molar-refractivity contribution in [2.24, 2.45) is 0 Å². The van der Waals surface area contributed by atoms with Crippen LogP contribution in [0.3, 0.4) is 0 Å². The SMILES string of the molecule is Nc1ccc(S(=O)CC(=O)Nc2ccc(Cl)cc2)c(Br)c1. The Balaban J connectivity index is 2.02. The summed E-state index contributed by atoms with van der Waals surface area (Å²) < 4.78 is 12.8. The van der Waals surface area contributed by atoms with Crippen molar-refractivity contribution in [1.29, 1.82) is 0 Å². The second-order valence-corrected chi connectivity index (χ2v) is 6.95. The molecule has 2 aromatic carbocycles. The van der Waals surface area contributed by atoms with Crippen molar-refractivity contribution in [1.82, 2.24) is 0 Å². The largest absolute Gasteiger partial charge is 0.399 e. The van der Waals surface area contributed by atoms with Crippen molar-refractivity contribution in [3.05, 3.63) is 52.0 Å². The summed E-state index contributed by atoms with van der Waals surface area (Å²) in [5, 5.41) is 3.26. The first kappa shape index (κ1) is 16.0. The quantitative estimate of drug-likeness (QED) is 0.789. The molecule has 0 fully saturated rings. The highest BCUT2D eigenvalue weighted by atomic mass is 79.9. The van der Waals surface area contributed by atoms with E-state index < -0.39 is 10.8 Å². The Morgan fingerprint density at radius 3 is 2.52 bits per heavy atom. The van der Waals surface area contributed by atoms with Gasteiger partial charge >= 0.3 is 0 Å². The van der Waals surface area contributed by atoms with Gasteiger partial charge in [0.05, 0.1) is 15.7 Å². The topological polar surface area (TPSA) is 72.2 Å². The zero-order chi connectivity index (χ0) is 15.4. The zero-order valence-electron chi connectivity index (χ0n) is 10.8. The van der Waals surface area contributed by atoms with Crippen LogP contribution in [-0.2, 0) is 15.6 Å². The molecule has 2 rings (SSSR count). The number of nitrogen functional groups attached to an aromatic ring is 1. The van der Waals surface area contributed by atoms with E-state index in [9.17, 15) is 9.00 Å². The molecule has 0 bridgehead atoms. The second-order valence-electron chi connectivity index (χ2n) is 4.23. The molecule has 0 aliphatic carbocycles. The lowest BCUT2D eigenvalue weighted by molar-refractivity contribution is -0.113. The summed E-state index contributed by atoms with van der Waals surface area (Å²) in [5.74, 6) is -0.468. The summed E-state index contributed by atoms with van der Waals surface area (Å²) in [5.41, 5.74) is 6.80. The van der Waals surface area contributed by atoms with Gasteiger partial charge in [-0.05, 0) is 58.4 Å². The van der Waals surface area contributed by atoms with E-state index in [1.165, 1.54) is 0 Å². The third-order valence-corrected chi connectivity index (χ3v) is 5.13. The highest BCUT2D eigenvalue weighted by Gasteiger charge is 2.13. The first-order valence-corrected chi connectivity index (χ1v) is 8.43. The fraction of sp³-hybridized carbons (Fsp3) is 0.0714. The third kappa shape index (κ3) is 4.56. The van der Waals surface area contributed by atoms with Gasteiger partial charge in [-0.1, -0.05) is 11.6 Å². The standard InChI is InChI=1S/C14H12BrClN2O2S/c15-12-7-10(17)3-6-13(12)21(20)8-14(19)18-11-4-1-9(16)2-5-11/h1-7H,8,17H2,(H,18,19). The van der Waals surface area contributed by atoms with Crippen molar-refractivity contribution in [2.45, 2.75) is 4.90 Å². The maximum Gasteiger partial charge on any atom is 0.237 e. The van der Waals surface area contributed by atoms with Gasteiger partial charge in [-0.25, -0.2) is 0 Å². The number of nitrogens with one attached hydrogen (secondary N) is 1. The average Bonchev–Trinajstić information content (AvgIpc) is 2.41. The molecule has 21 heavy (non-hydrogen) atoms. The first-order valence-electron chi connectivity index (χ1n) is 5.94. The number of carbonyl (C=O) groups excluding carboxylic acids is 1. The highest BCUT2D eigenvalue weighted by molar-refractivity contribution is 9.10. The number of nitrogens with two attached hydrogens (primary N) is 1. The summed E-state index contributed by atoms with van der Waals surface area (Å²) in [6.07, 6.45) is 0. The number of hydrogen-bond donors (Lipinski definition) is 2. The molecule has 1 atom stereocenters. The molecule has 1 amide bonds. The molecule has 3 N–H and O–H groups in total. The van der Waals surface area contributed by atoms with E-state index in [1.807, 2.05) is 0 Å². The van der Waals surface area contributed by atoms with Crippen LogP contribution in [0.4, 0.5) is 11.4 Å². The monoisotopic (exact) mass is 386 g/mol. The number of anilines is 2. The highest BCUT2D eigenvalue weighted by Crippen LogP contribution is 2.23. The van der Waals surface area contributed by atoms with Gasteiger partial charge in [0.25, 0.3) is 0 Å². The van der Waals surface area contributed by atoms with E-state index in [4.69, 9.17) is 17.3 Å². The Morgan fingerprint density at radius 2 is 1.90 bits per heavy atom. The fourth-order valence-corrected chi connectivity index (χ4v) is 3.66. The van der Waals surface area contributed by atoms with Crippen LogP contribution >= 0.6 is 27.5 Å². The van der Waals surface area contributed by atoms with Crippen LogP contribution in [0, 0.1) is 0 Å². The smallest absolute Gasteiger partial charge is 0.237 e. The van der Waals surface area contributed by atoms with Gasteiger partial charge in [0.15, 0.2) is 0 Å². The normalized spacial score (nSPS) is 11.9. The molecule has 1 unspecified atom stereocenters. The molecule has 2 aromatic rings. The fourth-order valence-electron chi connectivity index (χ4n) is 1.63. The Hall–Kier alpha value is -1.37. The van der Waals surface area contributed by atoms with Crippen LogP contribution in [0.2, 0.25) is 5.02 Å². The minimum atomic E-state index is -1.45. The number of amides is 1. The summed E-state index contributed by atoms with van der Waals surface area (Å²) in [7, 11) is -1.45. The number of hydrogen-bond acceptors (Lipinski definition) is 3. The van der Waals surface area contributed by atoms with E-state index in [2.05, 4.69) is 21.2 Å². The zero-order valence-corrected chi connectivity index (χ0v) is 14.0. The number of benzene rings is 2. The third-order valence-electron chi connectivity index (χ3n) is 2.59. The second kappa shape index (κ2) is 7.06. The molecule has 7 heteroatoms. The predicted molar refractivity (Wildman–Crippen MR) is 89.9 cm³/mol. The summed E-state index contributed by atoms with van der Waals surface area (Å²) >= 11 is 9.06. The lowest BCUT2D eigenvalue weighted by Gasteiger charge is -2.07. The molecule has 0 aliphatic rings. The van der Waals surface area contributed by atoms with Crippen LogP contribution in [-0.4, -0.2) is 15.9 Å². The Kier molecular flexibility index (Phi) is 5.39. The van der Waals surface area contributed by atoms with Crippen LogP contribution in [0.5, 0.6) is 0 Å². The van der Waals surface area contributed by atoms with Crippen molar-refractivity contribution < 1.29 is 9.00 Å². The van der Waals surface area contributed by atoms with E-state index in [-0.39, 0.29) is 11.7 Å². The lowest BCUT2D eigenvalue weighted by Crippen LogP contribution is -2.19. The molecule has 0 heterocycles. The molecule has 4 nitrogen and oxygen atoms in total. The maximum absolute atomic E-state index is 12.2. The molecule has 0 aromatic heterocycles. The number of carbonyl (C=O) groups is 1. The first-order chi connectivity index (χ1) is 9.95. The molecule has 0 saturated carbocycles. The summed E-state index contributed by atoms with van der Waals surface area (Å²) in [6, 6.07) is 11.7. The molecule has 0 radical (unpaired) electrons. The Bertz CT molecular complexity index is 692. The van der Waals surface area contributed by atoms with Gasteiger partial charge < -0.3 is 11.1 Å². The van der Waals surface area contributed by atoms with Gasteiger partial charge in [0.2, 0.25) is 5.91 Å². The van der Waals surface area contributed by atoms with Gasteiger partial charge in [-0.2, -0.15) is 0 Å². The van der Waals surface area contributed by atoms with Crippen LogP contribution < -0.4 is 11.1 Å². The Labute approximate surface area is 138 Å². The minimum absolute atomic E-state index is 0.134. The predicted octanol–water partition coefficient (Wildman–Crippen LogP) is 3.43. The van der Waals surface area contributed by atoms with E-state index >= 15 is 0 Å². The van der Waals surface area contributed by atoms with E-state index in [0.29, 0.717) is 25.8 Å². The molecular weight excluding hydrogens is 376 g/mol. The van der Waals surface area contributed by atoms with Crippen molar-refractivity contribution in [2.75, 3.05) is 16.8 Å². The van der Waals surface area contributed by atoms with Crippen LogP contribution in [0.15, 0.2) is 51.8 Å². The van der Waals surface area contributed by atoms with Crippen molar-refractivity contribution >= 4 is 55.6 Å². The van der Waals surface area contributed by atoms with Crippen LogP contribution in [0.1, 0.15) is 0 Å². The van der Waals surface area contributed by atoms with Crippen molar-refractivity contribution in [3.63, 3.8) is 0 Å². The number of rotatable bonds is 4. The van der Waals surface area contributed by atoms with E-state index in [1.54, 1.807) is 42.5 Å².